The molecular formula is C26H37NaO8. The van der Waals surface area contributed by atoms with Gasteiger partial charge >= 0.3 is 29.6 Å². The summed E-state index contributed by atoms with van der Waals surface area (Å²) in [5.74, 6) is -0.220. The monoisotopic (exact) mass is 500 g/mol. The van der Waals surface area contributed by atoms with Crippen LogP contribution in [-0.4, -0.2) is 75.6 Å². The summed E-state index contributed by atoms with van der Waals surface area (Å²) in [4.78, 5) is 0. The van der Waals surface area contributed by atoms with Gasteiger partial charge in [-0.25, -0.2) is 0 Å². The number of benzene rings is 2. The van der Waals surface area contributed by atoms with Crippen LogP contribution in [0.25, 0.3) is 0 Å². The Hall–Kier alpha value is -0.880. The summed E-state index contributed by atoms with van der Waals surface area (Å²) in [5, 5.41) is 17.3. The molecule has 2 aliphatic heterocycles. The van der Waals surface area contributed by atoms with Crippen LogP contribution in [0.5, 0.6) is 0 Å². The van der Waals surface area contributed by atoms with Crippen molar-refractivity contribution < 1.29 is 69.6 Å². The van der Waals surface area contributed by atoms with E-state index >= 15 is 0 Å². The zero-order valence-corrected chi connectivity index (χ0v) is 22.5. The maximum Gasteiger partial charge on any atom is 1.00 e. The van der Waals surface area contributed by atoms with Gasteiger partial charge in [0.2, 0.25) is 0 Å². The van der Waals surface area contributed by atoms with Gasteiger partial charge < -0.3 is 40.1 Å². The van der Waals surface area contributed by atoms with Crippen molar-refractivity contribution in [3.05, 3.63) is 71.8 Å². The molecule has 0 saturated carbocycles. The van der Waals surface area contributed by atoms with Gasteiger partial charge in [0.1, 0.15) is 0 Å². The predicted molar refractivity (Wildman–Crippen MR) is 126 cm³/mol. The van der Waals surface area contributed by atoms with Crippen LogP contribution < -0.4 is 29.6 Å². The Labute approximate surface area is 231 Å². The molecule has 2 N–H and O–H groups in total. The van der Waals surface area contributed by atoms with Crippen LogP contribution >= 0.6 is 0 Å². The van der Waals surface area contributed by atoms with Crippen molar-refractivity contribution in [3.63, 3.8) is 0 Å². The molecule has 2 saturated heterocycles. The molecule has 35 heavy (non-hydrogen) atoms. The maximum atomic E-state index is 8.67. The van der Waals surface area contributed by atoms with Gasteiger partial charge in [-0.15, -0.1) is 0 Å². The van der Waals surface area contributed by atoms with Crippen LogP contribution in [0.15, 0.2) is 60.7 Å². The number of rotatable bonds is 12. The second kappa shape index (κ2) is 18.4. The number of hydrogen-bond donors (Lipinski definition) is 2. The molecule has 0 aliphatic carbocycles. The van der Waals surface area contributed by atoms with E-state index < -0.39 is 6.29 Å². The third-order valence-electron chi connectivity index (χ3n) is 5.42. The first-order valence-corrected chi connectivity index (χ1v) is 11.7. The van der Waals surface area contributed by atoms with Crippen LogP contribution in [0.2, 0.25) is 0 Å². The zero-order chi connectivity index (χ0) is 23.8. The summed E-state index contributed by atoms with van der Waals surface area (Å²) in [6.45, 7) is 4.47. The van der Waals surface area contributed by atoms with E-state index in [0.717, 1.165) is 11.1 Å². The van der Waals surface area contributed by atoms with Crippen molar-refractivity contribution in [3.8, 4) is 0 Å². The first-order chi connectivity index (χ1) is 16.8. The third-order valence-corrected chi connectivity index (χ3v) is 5.42. The number of ether oxygens (including phenoxy) is 6. The van der Waals surface area contributed by atoms with Gasteiger partial charge in [-0.2, -0.15) is 0 Å². The quantitative estimate of drug-likeness (QED) is 0.376. The van der Waals surface area contributed by atoms with E-state index in [4.69, 9.17) is 38.6 Å². The molecule has 2 aromatic carbocycles. The summed E-state index contributed by atoms with van der Waals surface area (Å²) in [6, 6.07) is 20.3. The topological polar surface area (TPSA) is 95.8 Å². The number of hydrogen-bond acceptors (Lipinski definition) is 8. The molecule has 4 rings (SSSR count). The standard InChI is InChI=1S/C20H24O4.C6H12O4.Na.H/c1-3-7-17(8-4-1)13-21-15-19(20-23-11-12-24-20)16-22-14-18-9-5-2-6-10-18;7-3-5(4-8)6-9-1-2-10-6;;/h1-10,19-20H,11-16H2;5-8H,1-4H2;;/q;;+1;-1. The van der Waals surface area contributed by atoms with Crippen molar-refractivity contribution >= 4 is 0 Å². The van der Waals surface area contributed by atoms with Gasteiger partial charge in [0.15, 0.2) is 12.6 Å². The average molecular weight is 501 g/mol. The Balaban J connectivity index is 0.000000459. The van der Waals surface area contributed by atoms with Gasteiger partial charge in [0.05, 0.1) is 77.9 Å². The molecule has 0 radical (unpaired) electrons. The first-order valence-electron chi connectivity index (χ1n) is 11.7. The van der Waals surface area contributed by atoms with Gasteiger partial charge in [-0.1, -0.05) is 60.7 Å². The fourth-order valence-corrected chi connectivity index (χ4v) is 3.54. The molecule has 9 heteroatoms. The Morgan fingerprint density at radius 1 is 0.657 bits per heavy atom. The molecule has 0 atom stereocenters. The van der Waals surface area contributed by atoms with Crippen molar-refractivity contribution in [2.45, 2.75) is 25.8 Å². The second-order valence-electron chi connectivity index (χ2n) is 8.11. The molecule has 0 spiro atoms. The summed E-state index contributed by atoms with van der Waals surface area (Å²) in [7, 11) is 0. The van der Waals surface area contributed by atoms with Gasteiger partial charge in [0.25, 0.3) is 0 Å². The number of aliphatic hydroxyl groups excluding tert-OH is 2. The van der Waals surface area contributed by atoms with Crippen LogP contribution in [0.1, 0.15) is 12.6 Å². The average Bonchev–Trinajstić information content (AvgIpc) is 3.61. The van der Waals surface area contributed by atoms with Crippen molar-refractivity contribution in [2.24, 2.45) is 11.8 Å². The molecule has 0 bridgehead atoms. The summed E-state index contributed by atoms with van der Waals surface area (Å²) in [5.41, 5.74) is 2.32. The fraction of sp³-hybridized carbons (Fsp3) is 0.538. The minimum absolute atomic E-state index is 0. The van der Waals surface area contributed by atoms with Crippen molar-refractivity contribution in [1.82, 2.24) is 0 Å². The second-order valence-corrected chi connectivity index (χ2v) is 8.11. The normalized spacial score (nSPS) is 16.3. The molecule has 8 nitrogen and oxygen atoms in total. The Bertz CT molecular complexity index is 712. The molecule has 2 aromatic rings. The van der Waals surface area contributed by atoms with Crippen molar-refractivity contribution in [2.75, 3.05) is 52.9 Å². The zero-order valence-electron chi connectivity index (χ0n) is 21.5. The first kappa shape index (κ1) is 30.3. The van der Waals surface area contributed by atoms with Crippen LogP contribution in [-0.2, 0) is 41.6 Å². The SMILES string of the molecule is OCC(CO)C1OCCO1.[H-].[Na+].c1ccc(COCC(COCc2ccccc2)C2OCCO2)cc1. The smallest absolute Gasteiger partial charge is 1.00 e. The molecule has 190 valence electrons. The Morgan fingerprint density at radius 2 is 1.03 bits per heavy atom. The molecule has 2 fully saturated rings. The maximum absolute atomic E-state index is 8.67. The minimum Gasteiger partial charge on any atom is -1.00 e. The van der Waals surface area contributed by atoms with E-state index in [9.17, 15) is 0 Å². The van der Waals surface area contributed by atoms with Crippen LogP contribution in [0.4, 0.5) is 0 Å². The van der Waals surface area contributed by atoms with E-state index in [2.05, 4.69) is 24.3 Å². The van der Waals surface area contributed by atoms with Crippen molar-refractivity contribution in [1.29, 1.82) is 0 Å². The van der Waals surface area contributed by atoms with Gasteiger partial charge in [-0.3, -0.25) is 0 Å². The fourth-order valence-electron chi connectivity index (χ4n) is 3.54. The number of aliphatic hydroxyl groups is 2. The molecule has 2 aliphatic rings. The molecule has 0 unspecified atom stereocenters. The largest absolute Gasteiger partial charge is 1.00 e. The van der Waals surface area contributed by atoms with Gasteiger partial charge in [0, 0.05) is 0 Å². The minimum atomic E-state index is -0.407. The van der Waals surface area contributed by atoms with Crippen LogP contribution in [0, 0.1) is 11.8 Å². The Kier molecular flexibility index (Phi) is 15.9. The summed E-state index contributed by atoms with van der Waals surface area (Å²) < 4.78 is 33.1. The Morgan fingerprint density at radius 3 is 1.40 bits per heavy atom. The van der Waals surface area contributed by atoms with E-state index in [1.807, 2.05) is 36.4 Å². The molecule has 0 aromatic heterocycles. The van der Waals surface area contributed by atoms with E-state index in [1.165, 1.54) is 0 Å². The third kappa shape index (κ3) is 11.4. The molecule has 2 heterocycles. The van der Waals surface area contributed by atoms with E-state index in [1.54, 1.807) is 0 Å². The van der Waals surface area contributed by atoms with E-state index in [-0.39, 0.29) is 62.3 Å². The predicted octanol–water partition coefficient (Wildman–Crippen LogP) is -0.514. The van der Waals surface area contributed by atoms with E-state index in [0.29, 0.717) is 52.9 Å². The molecular weight excluding hydrogens is 463 g/mol. The molecule has 0 amide bonds. The van der Waals surface area contributed by atoms with Gasteiger partial charge in [-0.05, 0) is 11.1 Å². The van der Waals surface area contributed by atoms with Crippen LogP contribution in [0.3, 0.4) is 0 Å². The summed E-state index contributed by atoms with van der Waals surface area (Å²) >= 11 is 0. The summed E-state index contributed by atoms with van der Waals surface area (Å²) in [6.07, 6.45) is -0.647.